The standard InChI is InChI=1S/C29H32F2N4O/c1-6-19-9-11-25(26(32)22(19)7-2)35-28(34-27-23(29(35)36)10-8-17(5)33-27)24(16(3)4)14-18-12-20(30)15-21(31)13-18/h8-13,15-16,24H,6-7,14,32H2,1-5H3. The Bertz CT molecular complexity index is 1470. The second-order valence-corrected chi connectivity index (χ2v) is 9.61. The van der Waals surface area contributed by atoms with Crippen LogP contribution in [0.3, 0.4) is 0 Å². The van der Waals surface area contributed by atoms with Gasteiger partial charge < -0.3 is 5.73 Å². The number of anilines is 1. The summed E-state index contributed by atoms with van der Waals surface area (Å²) >= 11 is 0. The fraction of sp³-hybridized carbons (Fsp3) is 0.345. The summed E-state index contributed by atoms with van der Waals surface area (Å²) in [5.74, 6) is -1.14. The molecule has 1 unspecified atom stereocenters. The summed E-state index contributed by atoms with van der Waals surface area (Å²) < 4.78 is 29.6. The Morgan fingerprint density at radius 2 is 1.67 bits per heavy atom. The zero-order valence-electron chi connectivity index (χ0n) is 21.4. The minimum Gasteiger partial charge on any atom is -0.397 e. The number of nitrogen functional groups attached to an aromatic ring is 1. The van der Waals surface area contributed by atoms with Crippen LogP contribution < -0.4 is 11.3 Å². The molecule has 0 saturated heterocycles. The van der Waals surface area contributed by atoms with Crippen LogP contribution >= 0.6 is 0 Å². The lowest BCUT2D eigenvalue weighted by molar-refractivity contribution is 0.460. The molecule has 0 spiro atoms. The smallest absolute Gasteiger partial charge is 0.267 e. The van der Waals surface area contributed by atoms with Gasteiger partial charge in [-0.2, -0.15) is 0 Å². The van der Waals surface area contributed by atoms with Gasteiger partial charge in [-0.05, 0) is 79.1 Å². The van der Waals surface area contributed by atoms with Crippen molar-refractivity contribution in [1.29, 1.82) is 0 Å². The maximum atomic E-state index is 14.0. The van der Waals surface area contributed by atoms with Gasteiger partial charge in [0.05, 0.1) is 16.8 Å². The minimum atomic E-state index is -0.638. The normalized spacial score (nSPS) is 12.4. The monoisotopic (exact) mass is 490 g/mol. The number of pyridine rings is 1. The van der Waals surface area contributed by atoms with E-state index in [4.69, 9.17) is 10.7 Å². The summed E-state index contributed by atoms with van der Waals surface area (Å²) in [6.45, 7) is 9.97. The average molecular weight is 491 g/mol. The van der Waals surface area contributed by atoms with E-state index in [2.05, 4.69) is 11.9 Å². The van der Waals surface area contributed by atoms with Gasteiger partial charge in [0.1, 0.15) is 17.5 Å². The van der Waals surface area contributed by atoms with Crippen LogP contribution in [0.15, 0.2) is 47.3 Å². The quantitative estimate of drug-likeness (QED) is 0.320. The van der Waals surface area contributed by atoms with E-state index in [1.807, 2.05) is 39.8 Å². The Morgan fingerprint density at radius 3 is 2.28 bits per heavy atom. The molecule has 4 rings (SSSR count). The van der Waals surface area contributed by atoms with Gasteiger partial charge in [-0.3, -0.25) is 9.36 Å². The Kier molecular flexibility index (Phi) is 7.20. The van der Waals surface area contributed by atoms with Gasteiger partial charge in [0, 0.05) is 17.7 Å². The molecule has 0 aliphatic rings. The van der Waals surface area contributed by atoms with Crippen LogP contribution in [-0.4, -0.2) is 14.5 Å². The highest BCUT2D eigenvalue weighted by molar-refractivity contribution is 5.75. The van der Waals surface area contributed by atoms with Gasteiger partial charge in [-0.15, -0.1) is 0 Å². The zero-order chi connectivity index (χ0) is 26.1. The summed E-state index contributed by atoms with van der Waals surface area (Å²) in [4.78, 5) is 23.4. The molecule has 7 heteroatoms. The van der Waals surface area contributed by atoms with Crippen LogP contribution in [0.4, 0.5) is 14.5 Å². The molecule has 4 aromatic rings. The molecule has 36 heavy (non-hydrogen) atoms. The summed E-state index contributed by atoms with van der Waals surface area (Å²) in [7, 11) is 0. The molecule has 188 valence electrons. The Balaban J connectivity index is 2.04. The summed E-state index contributed by atoms with van der Waals surface area (Å²) in [5.41, 5.74) is 11.2. The maximum absolute atomic E-state index is 14.0. The van der Waals surface area contributed by atoms with E-state index in [0.717, 1.165) is 35.7 Å². The van der Waals surface area contributed by atoms with Crippen LogP contribution in [-0.2, 0) is 19.3 Å². The predicted molar refractivity (Wildman–Crippen MR) is 141 cm³/mol. The van der Waals surface area contributed by atoms with E-state index < -0.39 is 11.6 Å². The predicted octanol–water partition coefficient (Wildman–Crippen LogP) is 6.06. The van der Waals surface area contributed by atoms with Crippen LogP contribution in [0.5, 0.6) is 0 Å². The number of hydrogen-bond donors (Lipinski definition) is 1. The first kappa shape index (κ1) is 25.5. The van der Waals surface area contributed by atoms with Crippen molar-refractivity contribution in [2.24, 2.45) is 5.92 Å². The molecule has 2 N–H and O–H groups in total. The van der Waals surface area contributed by atoms with Gasteiger partial charge in [-0.25, -0.2) is 18.7 Å². The van der Waals surface area contributed by atoms with Gasteiger partial charge in [0.15, 0.2) is 5.65 Å². The molecular weight excluding hydrogens is 458 g/mol. The zero-order valence-corrected chi connectivity index (χ0v) is 21.4. The van der Waals surface area contributed by atoms with Gasteiger partial charge in [0.2, 0.25) is 0 Å². The van der Waals surface area contributed by atoms with Crippen LogP contribution in [0.1, 0.15) is 61.8 Å². The molecule has 1 atom stereocenters. The first-order valence-electron chi connectivity index (χ1n) is 12.4. The number of nitrogens with zero attached hydrogens (tertiary/aromatic N) is 3. The largest absolute Gasteiger partial charge is 0.397 e. The lowest BCUT2D eigenvalue weighted by atomic mass is 9.87. The second kappa shape index (κ2) is 10.2. The number of benzene rings is 2. The highest BCUT2D eigenvalue weighted by Gasteiger charge is 2.26. The van der Waals surface area contributed by atoms with E-state index in [1.165, 1.54) is 12.1 Å². The molecule has 0 bridgehead atoms. The molecule has 0 aliphatic heterocycles. The lowest BCUT2D eigenvalue weighted by Gasteiger charge is -2.26. The Labute approximate surface area is 210 Å². The van der Waals surface area contributed by atoms with Crippen LogP contribution in [0.2, 0.25) is 0 Å². The number of halogens is 2. The topological polar surface area (TPSA) is 73.8 Å². The third-order valence-corrected chi connectivity index (χ3v) is 6.82. The van der Waals surface area contributed by atoms with Gasteiger partial charge in [-0.1, -0.05) is 33.8 Å². The highest BCUT2D eigenvalue weighted by atomic mass is 19.1. The second-order valence-electron chi connectivity index (χ2n) is 9.61. The molecule has 0 fully saturated rings. The number of aryl methyl sites for hydroxylation is 2. The lowest BCUT2D eigenvalue weighted by Crippen LogP contribution is -2.29. The van der Waals surface area contributed by atoms with Crippen molar-refractivity contribution < 1.29 is 8.78 Å². The van der Waals surface area contributed by atoms with E-state index in [0.29, 0.717) is 40.2 Å². The van der Waals surface area contributed by atoms with Crippen LogP contribution in [0, 0.1) is 24.5 Å². The van der Waals surface area contributed by atoms with E-state index in [9.17, 15) is 13.6 Å². The fourth-order valence-electron chi connectivity index (χ4n) is 4.91. The SMILES string of the molecule is CCc1ccc(-n2c(C(Cc3cc(F)cc(F)c3)C(C)C)nc3nc(C)ccc3c2=O)c(N)c1CC. The molecule has 2 heterocycles. The fourth-order valence-corrected chi connectivity index (χ4v) is 4.91. The molecule has 5 nitrogen and oxygen atoms in total. The van der Waals surface area contributed by atoms with E-state index in [-0.39, 0.29) is 17.4 Å². The number of hydrogen-bond acceptors (Lipinski definition) is 4. The number of nitrogens with two attached hydrogens (primary N) is 1. The number of fused-ring (bicyclic) bond motifs is 1. The van der Waals surface area contributed by atoms with Gasteiger partial charge >= 0.3 is 0 Å². The Hall–Kier alpha value is -3.61. The van der Waals surface area contributed by atoms with Gasteiger partial charge in [0.25, 0.3) is 5.56 Å². The van der Waals surface area contributed by atoms with Crippen molar-refractivity contribution in [3.63, 3.8) is 0 Å². The molecule has 0 radical (unpaired) electrons. The first-order valence-corrected chi connectivity index (χ1v) is 12.4. The third kappa shape index (κ3) is 4.74. The van der Waals surface area contributed by atoms with E-state index in [1.54, 1.807) is 16.7 Å². The summed E-state index contributed by atoms with van der Waals surface area (Å²) in [5, 5.41) is 0.390. The third-order valence-electron chi connectivity index (χ3n) is 6.82. The highest BCUT2D eigenvalue weighted by Crippen LogP contribution is 2.33. The van der Waals surface area contributed by atoms with Crippen molar-refractivity contribution >= 4 is 16.7 Å². The first-order chi connectivity index (χ1) is 17.1. The molecule has 2 aromatic carbocycles. The van der Waals surface area contributed by atoms with Crippen molar-refractivity contribution in [2.45, 2.75) is 59.8 Å². The molecule has 0 aliphatic carbocycles. The van der Waals surface area contributed by atoms with Crippen molar-refractivity contribution in [3.05, 3.63) is 92.7 Å². The molecule has 0 saturated carbocycles. The van der Waals surface area contributed by atoms with Crippen molar-refractivity contribution in [2.75, 3.05) is 5.73 Å². The van der Waals surface area contributed by atoms with Crippen molar-refractivity contribution in [1.82, 2.24) is 14.5 Å². The summed E-state index contributed by atoms with van der Waals surface area (Å²) in [6.07, 6.45) is 1.85. The molecule has 2 aromatic heterocycles. The molecular formula is C29H32F2N4O. The number of rotatable bonds is 7. The maximum Gasteiger partial charge on any atom is 0.267 e. The van der Waals surface area contributed by atoms with Crippen molar-refractivity contribution in [3.8, 4) is 5.69 Å². The molecule has 0 amide bonds. The average Bonchev–Trinajstić information content (AvgIpc) is 2.81. The Morgan fingerprint density at radius 1 is 0.972 bits per heavy atom. The minimum absolute atomic E-state index is 0.00137. The van der Waals surface area contributed by atoms with E-state index >= 15 is 0 Å². The number of aromatic nitrogens is 3. The summed E-state index contributed by atoms with van der Waals surface area (Å²) in [6, 6.07) is 10.9. The van der Waals surface area contributed by atoms with Crippen LogP contribution in [0.25, 0.3) is 16.7 Å².